The summed E-state index contributed by atoms with van der Waals surface area (Å²) in [5.74, 6) is 1.65. The molecule has 1 N–H and O–H groups in total. The number of aryl methyl sites for hydroxylation is 1. The Kier molecular flexibility index (Phi) is 8.39. The Balaban J connectivity index is 1.79. The zero-order valence-electron chi connectivity index (χ0n) is 19.3. The van der Waals surface area contributed by atoms with Crippen LogP contribution in [-0.2, 0) is 17.9 Å². The minimum Gasteiger partial charge on any atom is -0.454 e. The number of amides is 3. The van der Waals surface area contributed by atoms with E-state index in [1.807, 2.05) is 35.4 Å². The third-order valence-electron chi connectivity index (χ3n) is 5.64. The fraction of sp³-hybridized carbons (Fsp3) is 0.500. The molecular formula is C24H33N3O4S. The number of nitrogens with zero attached hydrogens (tertiary/aromatic N) is 2. The summed E-state index contributed by atoms with van der Waals surface area (Å²) in [6.45, 7) is 10.4. The normalized spacial score (nSPS) is 13.0. The van der Waals surface area contributed by atoms with Crippen molar-refractivity contribution in [2.24, 2.45) is 5.92 Å². The van der Waals surface area contributed by atoms with Crippen molar-refractivity contribution in [2.45, 2.75) is 47.2 Å². The van der Waals surface area contributed by atoms with E-state index < -0.39 is 0 Å². The Morgan fingerprint density at radius 2 is 1.91 bits per heavy atom. The summed E-state index contributed by atoms with van der Waals surface area (Å²) in [6, 6.07) is 7.62. The highest BCUT2D eigenvalue weighted by Gasteiger charge is 2.24. The van der Waals surface area contributed by atoms with E-state index in [0.717, 1.165) is 22.6 Å². The zero-order chi connectivity index (χ0) is 23.1. The summed E-state index contributed by atoms with van der Waals surface area (Å²) >= 11 is 1.64. The minimum atomic E-state index is -0.198. The second-order valence-corrected chi connectivity index (χ2v) is 9.19. The molecule has 0 fully saturated rings. The van der Waals surface area contributed by atoms with Crippen molar-refractivity contribution in [2.75, 3.05) is 26.4 Å². The number of nitrogens with one attached hydrogen (secondary N) is 1. The molecule has 3 rings (SSSR count). The topological polar surface area (TPSA) is 71.1 Å². The zero-order valence-corrected chi connectivity index (χ0v) is 20.2. The van der Waals surface area contributed by atoms with Gasteiger partial charge < -0.3 is 24.6 Å². The molecule has 1 aromatic heterocycles. The van der Waals surface area contributed by atoms with E-state index >= 15 is 0 Å². The van der Waals surface area contributed by atoms with Crippen LogP contribution < -0.4 is 14.8 Å². The monoisotopic (exact) mass is 459 g/mol. The Hall–Kier alpha value is -2.74. The summed E-state index contributed by atoms with van der Waals surface area (Å²) < 4.78 is 10.9. The van der Waals surface area contributed by atoms with Gasteiger partial charge in [-0.25, -0.2) is 4.79 Å². The first-order valence-electron chi connectivity index (χ1n) is 11.1. The van der Waals surface area contributed by atoms with E-state index in [1.165, 1.54) is 5.56 Å². The van der Waals surface area contributed by atoms with Crippen molar-refractivity contribution in [1.29, 1.82) is 0 Å². The maximum Gasteiger partial charge on any atom is 0.317 e. The van der Waals surface area contributed by atoms with E-state index in [1.54, 1.807) is 16.2 Å². The molecule has 8 heteroatoms. The van der Waals surface area contributed by atoms with Gasteiger partial charge in [-0.2, -0.15) is 0 Å². The van der Waals surface area contributed by atoms with Gasteiger partial charge in [0, 0.05) is 24.5 Å². The summed E-state index contributed by atoms with van der Waals surface area (Å²) in [5.41, 5.74) is 2.13. The van der Waals surface area contributed by atoms with Gasteiger partial charge in [0.15, 0.2) is 11.5 Å². The number of rotatable bonds is 10. The molecule has 3 amide bonds. The fourth-order valence-corrected chi connectivity index (χ4v) is 4.40. The van der Waals surface area contributed by atoms with E-state index in [4.69, 9.17) is 9.47 Å². The molecule has 0 saturated heterocycles. The quantitative estimate of drug-likeness (QED) is 0.572. The molecule has 2 heterocycles. The predicted molar refractivity (Wildman–Crippen MR) is 126 cm³/mol. The summed E-state index contributed by atoms with van der Waals surface area (Å²) in [5, 5.41) is 4.88. The molecule has 1 atom stereocenters. The molecule has 1 aromatic carbocycles. The Labute approximate surface area is 194 Å². The molecule has 7 nitrogen and oxygen atoms in total. The van der Waals surface area contributed by atoms with Crippen molar-refractivity contribution in [3.05, 3.63) is 45.6 Å². The van der Waals surface area contributed by atoms with Crippen LogP contribution in [0.15, 0.2) is 29.6 Å². The number of benzene rings is 1. The standard InChI is InChI=1S/C24H33N3O4S/c1-5-17(3)12-27(24(29)25-6-2)15-23(28)26(14-22-18(4)9-10-32-22)13-19-7-8-20-21(11-19)31-16-30-20/h7-11,17H,5-6,12-16H2,1-4H3,(H,25,29). The highest BCUT2D eigenvalue weighted by atomic mass is 32.1. The van der Waals surface area contributed by atoms with Crippen molar-refractivity contribution in [3.63, 3.8) is 0 Å². The maximum absolute atomic E-state index is 13.5. The van der Waals surface area contributed by atoms with Gasteiger partial charge in [0.05, 0.1) is 6.54 Å². The van der Waals surface area contributed by atoms with Crippen LogP contribution in [0.25, 0.3) is 0 Å². The van der Waals surface area contributed by atoms with Gasteiger partial charge in [-0.3, -0.25) is 4.79 Å². The molecule has 0 aliphatic carbocycles. The SMILES string of the molecule is CCNC(=O)N(CC(=O)N(Cc1ccc2c(c1)OCO2)Cc1sccc1C)CC(C)CC. The summed E-state index contributed by atoms with van der Waals surface area (Å²) in [6.07, 6.45) is 0.944. The van der Waals surface area contributed by atoms with E-state index in [-0.39, 0.29) is 25.3 Å². The van der Waals surface area contributed by atoms with Crippen molar-refractivity contribution in [3.8, 4) is 11.5 Å². The first-order valence-corrected chi connectivity index (χ1v) is 12.0. The van der Waals surface area contributed by atoms with Crippen LogP contribution >= 0.6 is 11.3 Å². The maximum atomic E-state index is 13.5. The van der Waals surface area contributed by atoms with Crippen LogP contribution in [0, 0.1) is 12.8 Å². The minimum absolute atomic E-state index is 0.0468. The molecule has 0 radical (unpaired) electrons. The van der Waals surface area contributed by atoms with Gasteiger partial charge in [-0.1, -0.05) is 26.3 Å². The van der Waals surface area contributed by atoms with Crippen molar-refractivity contribution < 1.29 is 19.1 Å². The predicted octanol–water partition coefficient (Wildman–Crippen LogP) is 4.39. The van der Waals surface area contributed by atoms with Gasteiger partial charge in [0.25, 0.3) is 0 Å². The van der Waals surface area contributed by atoms with Crippen LogP contribution in [0.1, 0.15) is 43.2 Å². The van der Waals surface area contributed by atoms with E-state index in [2.05, 4.69) is 32.2 Å². The van der Waals surface area contributed by atoms with Crippen LogP contribution in [0.2, 0.25) is 0 Å². The molecule has 0 bridgehead atoms. The highest BCUT2D eigenvalue weighted by Crippen LogP contribution is 2.33. The first kappa shape index (κ1) is 23.9. The second-order valence-electron chi connectivity index (χ2n) is 8.19. The fourth-order valence-electron chi connectivity index (χ4n) is 3.48. The number of fused-ring (bicyclic) bond motifs is 1. The molecule has 2 aromatic rings. The van der Waals surface area contributed by atoms with Crippen LogP contribution in [-0.4, -0.2) is 48.2 Å². The lowest BCUT2D eigenvalue weighted by atomic mass is 10.1. The molecule has 174 valence electrons. The van der Waals surface area contributed by atoms with Gasteiger partial charge >= 0.3 is 6.03 Å². The van der Waals surface area contributed by atoms with Crippen molar-refractivity contribution in [1.82, 2.24) is 15.1 Å². The molecule has 1 unspecified atom stereocenters. The molecular weight excluding hydrogens is 426 g/mol. The number of ether oxygens (including phenoxy) is 2. The third-order valence-corrected chi connectivity index (χ3v) is 6.64. The number of urea groups is 1. The van der Waals surface area contributed by atoms with Gasteiger partial charge in [-0.15, -0.1) is 11.3 Å². The number of thiophene rings is 1. The number of carbonyl (C=O) groups is 2. The Morgan fingerprint density at radius 1 is 1.12 bits per heavy atom. The van der Waals surface area contributed by atoms with Gasteiger partial charge in [-0.05, 0) is 54.5 Å². The lowest BCUT2D eigenvalue weighted by Gasteiger charge is -2.29. The number of hydrogen-bond acceptors (Lipinski definition) is 5. The van der Waals surface area contributed by atoms with Gasteiger partial charge in [0.1, 0.15) is 6.54 Å². The third kappa shape index (κ3) is 6.16. The van der Waals surface area contributed by atoms with E-state index in [0.29, 0.717) is 37.8 Å². The molecule has 0 spiro atoms. The van der Waals surface area contributed by atoms with Crippen molar-refractivity contribution >= 4 is 23.3 Å². The number of hydrogen-bond donors (Lipinski definition) is 1. The first-order chi connectivity index (χ1) is 15.4. The molecule has 0 saturated carbocycles. The lowest BCUT2D eigenvalue weighted by molar-refractivity contribution is -0.133. The highest BCUT2D eigenvalue weighted by molar-refractivity contribution is 7.10. The van der Waals surface area contributed by atoms with Crippen LogP contribution in [0.5, 0.6) is 11.5 Å². The average molecular weight is 460 g/mol. The van der Waals surface area contributed by atoms with Crippen LogP contribution in [0.4, 0.5) is 4.79 Å². The van der Waals surface area contributed by atoms with Crippen LogP contribution in [0.3, 0.4) is 0 Å². The van der Waals surface area contributed by atoms with Gasteiger partial charge in [0.2, 0.25) is 12.7 Å². The lowest BCUT2D eigenvalue weighted by Crippen LogP contribution is -2.47. The number of carbonyl (C=O) groups excluding carboxylic acids is 2. The molecule has 1 aliphatic rings. The average Bonchev–Trinajstić information content (AvgIpc) is 3.41. The Morgan fingerprint density at radius 3 is 2.59 bits per heavy atom. The smallest absolute Gasteiger partial charge is 0.317 e. The molecule has 32 heavy (non-hydrogen) atoms. The summed E-state index contributed by atoms with van der Waals surface area (Å²) in [4.78, 5) is 30.7. The van der Waals surface area contributed by atoms with E-state index in [9.17, 15) is 9.59 Å². The molecule has 1 aliphatic heterocycles. The summed E-state index contributed by atoms with van der Waals surface area (Å²) in [7, 11) is 0. The second kappa shape index (κ2) is 11.2. The Bertz CT molecular complexity index is 930. The largest absolute Gasteiger partial charge is 0.454 e.